The second-order valence-electron chi connectivity index (χ2n) is 5.64. The van der Waals surface area contributed by atoms with Crippen LogP contribution < -0.4 is 5.32 Å². The van der Waals surface area contributed by atoms with Crippen LogP contribution in [0.15, 0.2) is 36.5 Å². The topological polar surface area (TPSA) is 55.6 Å². The van der Waals surface area contributed by atoms with Crippen molar-refractivity contribution in [3.63, 3.8) is 0 Å². The van der Waals surface area contributed by atoms with E-state index in [0.29, 0.717) is 12.5 Å². The van der Waals surface area contributed by atoms with Crippen LogP contribution in [0.25, 0.3) is 11.0 Å². The van der Waals surface area contributed by atoms with Gasteiger partial charge in [-0.05, 0) is 23.1 Å². The molecular weight excluding hydrogens is 298 g/mol. The molecule has 0 fully saturated rings. The summed E-state index contributed by atoms with van der Waals surface area (Å²) in [7, 11) is 0. The van der Waals surface area contributed by atoms with Crippen LogP contribution in [-0.2, 0) is 13.1 Å². The zero-order valence-electron chi connectivity index (χ0n) is 12.6. The molecule has 1 aromatic carbocycles. The van der Waals surface area contributed by atoms with Crippen LogP contribution in [0.1, 0.15) is 19.4 Å². The van der Waals surface area contributed by atoms with Gasteiger partial charge in [0.15, 0.2) is 11.5 Å². The van der Waals surface area contributed by atoms with Crippen LogP contribution in [0, 0.1) is 5.92 Å². The first-order valence-electron chi connectivity index (χ1n) is 7.30. The predicted octanol–water partition coefficient (Wildman–Crippen LogP) is 3.75. The maximum atomic E-state index is 5.93. The van der Waals surface area contributed by atoms with Crippen molar-refractivity contribution >= 4 is 28.5 Å². The minimum Gasteiger partial charge on any atom is -0.364 e. The van der Waals surface area contributed by atoms with Gasteiger partial charge in [-0.15, -0.1) is 0 Å². The van der Waals surface area contributed by atoms with E-state index in [0.717, 1.165) is 23.4 Å². The SMILES string of the molecule is CC(C)Cn1nc(NCc2ccccc2)c2cnc(Cl)nc21. The summed E-state index contributed by atoms with van der Waals surface area (Å²) in [6.45, 7) is 5.79. The van der Waals surface area contributed by atoms with E-state index in [9.17, 15) is 0 Å². The first-order valence-corrected chi connectivity index (χ1v) is 7.68. The molecule has 3 aromatic rings. The average molecular weight is 316 g/mol. The molecule has 0 radical (unpaired) electrons. The minimum absolute atomic E-state index is 0.243. The third-order valence-corrected chi connectivity index (χ3v) is 3.48. The summed E-state index contributed by atoms with van der Waals surface area (Å²) in [5.74, 6) is 1.26. The number of nitrogens with zero attached hydrogens (tertiary/aromatic N) is 4. The largest absolute Gasteiger partial charge is 0.364 e. The van der Waals surface area contributed by atoms with Gasteiger partial charge in [-0.3, -0.25) is 0 Å². The Balaban J connectivity index is 1.92. The highest BCUT2D eigenvalue weighted by Crippen LogP contribution is 2.23. The van der Waals surface area contributed by atoms with Crippen LogP contribution in [0.2, 0.25) is 5.28 Å². The Labute approximate surface area is 134 Å². The number of halogens is 1. The van der Waals surface area contributed by atoms with Crippen LogP contribution >= 0.6 is 11.6 Å². The van der Waals surface area contributed by atoms with Crippen LogP contribution in [-0.4, -0.2) is 19.7 Å². The Morgan fingerprint density at radius 1 is 1.23 bits per heavy atom. The molecule has 22 heavy (non-hydrogen) atoms. The van der Waals surface area contributed by atoms with Gasteiger partial charge in [0.05, 0.1) is 5.39 Å². The Morgan fingerprint density at radius 2 is 2.00 bits per heavy atom. The zero-order valence-corrected chi connectivity index (χ0v) is 13.4. The summed E-state index contributed by atoms with van der Waals surface area (Å²) in [6.07, 6.45) is 1.72. The molecule has 0 atom stereocenters. The molecule has 0 bridgehead atoms. The standard InChI is InChI=1S/C16H18ClN5/c1-11(2)10-22-15-13(9-19-16(17)20-15)14(21-22)18-8-12-6-4-3-5-7-12/h3-7,9,11H,8,10H2,1-2H3,(H,18,21). The molecule has 0 amide bonds. The summed E-state index contributed by atoms with van der Waals surface area (Å²) in [5, 5.41) is 9.12. The maximum Gasteiger partial charge on any atom is 0.224 e. The fourth-order valence-corrected chi connectivity index (χ4v) is 2.45. The van der Waals surface area contributed by atoms with Gasteiger partial charge >= 0.3 is 0 Å². The van der Waals surface area contributed by atoms with E-state index < -0.39 is 0 Å². The molecule has 6 heteroatoms. The van der Waals surface area contributed by atoms with E-state index in [2.05, 4.69) is 46.4 Å². The van der Waals surface area contributed by atoms with Gasteiger partial charge in [-0.2, -0.15) is 10.1 Å². The van der Waals surface area contributed by atoms with E-state index in [1.54, 1.807) is 6.20 Å². The number of aromatic nitrogens is 4. The smallest absolute Gasteiger partial charge is 0.224 e. The van der Waals surface area contributed by atoms with E-state index in [-0.39, 0.29) is 5.28 Å². The number of anilines is 1. The van der Waals surface area contributed by atoms with Crippen molar-refractivity contribution in [2.75, 3.05) is 5.32 Å². The number of nitrogens with one attached hydrogen (secondary N) is 1. The molecule has 0 aliphatic heterocycles. The summed E-state index contributed by atoms with van der Waals surface area (Å²) < 4.78 is 1.89. The lowest BCUT2D eigenvalue weighted by atomic mass is 10.2. The predicted molar refractivity (Wildman–Crippen MR) is 88.9 cm³/mol. The second-order valence-corrected chi connectivity index (χ2v) is 5.98. The van der Waals surface area contributed by atoms with Gasteiger partial charge in [-0.1, -0.05) is 44.2 Å². The van der Waals surface area contributed by atoms with E-state index in [4.69, 9.17) is 11.6 Å². The van der Waals surface area contributed by atoms with Crippen LogP contribution in [0.3, 0.4) is 0 Å². The molecule has 0 saturated carbocycles. The van der Waals surface area contributed by atoms with E-state index in [1.807, 2.05) is 22.9 Å². The van der Waals surface area contributed by atoms with Gasteiger partial charge in [0.25, 0.3) is 0 Å². The van der Waals surface area contributed by atoms with Gasteiger partial charge in [0.2, 0.25) is 5.28 Å². The summed E-state index contributed by atoms with van der Waals surface area (Å²) in [4.78, 5) is 8.40. The Kier molecular flexibility index (Phi) is 4.24. The van der Waals surface area contributed by atoms with Crippen molar-refractivity contribution in [3.8, 4) is 0 Å². The number of rotatable bonds is 5. The number of fused-ring (bicyclic) bond motifs is 1. The van der Waals surface area contributed by atoms with Crippen molar-refractivity contribution in [3.05, 3.63) is 47.4 Å². The molecule has 114 valence electrons. The number of benzene rings is 1. The Morgan fingerprint density at radius 3 is 2.73 bits per heavy atom. The van der Waals surface area contributed by atoms with Crippen molar-refractivity contribution in [1.82, 2.24) is 19.7 Å². The van der Waals surface area contributed by atoms with Crippen molar-refractivity contribution in [2.45, 2.75) is 26.9 Å². The lowest BCUT2D eigenvalue weighted by Crippen LogP contribution is -2.07. The Hall–Kier alpha value is -2.14. The quantitative estimate of drug-likeness (QED) is 0.729. The number of hydrogen-bond donors (Lipinski definition) is 1. The molecule has 0 aliphatic carbocycles. The molecule has 0 unspecified atom stereocenters. The second kappa shape index (κ2) is 6.32. The van der Waals surface area contributed by atoms with Gasteiger partial charge < -0.3 is 5.32 Å². The highest BCUT2D eigenvalue weighted by Gasteiger charge is 2.13. The molecule has 2 heterocycles. The summed E-state index contributed by atoms with van der Waals surface area (Å²) in [5.41, 5.74) is 1.97. The summed E-state index contributed by atoms with van der Waals surface area (Å²) in [6, 6.07) is 10.2. The molecule has 0 spiro atoms. The molecule has 3 rings (SSSR count). The zero-order chi connectivity index (χ0) is 15.5. The highest BCUT2D eigenvalue weighted by molar-refractivity contribution is 6.28. The summed E-state index contributed by atoms with van der Waals surface area (Å²) >= 11 is 5.93. The van der Waals surface area contributed by atoms with Gasteiger partial charge in [-0.25, -0.2) is 9.67 Å². The van der Waals surface area contributed by atoms with Crippen LogP contribution in [0.4, 0.5) is 5.82 Å². The fraction of sp³-hybridized carbons (Fsp3) is 0.312. The lowest BCUT2D eigenvalue weighted by Gasteiger charge is -2.05. The fourth-order valence-electron chi connectivity index (χ4n) is 2.32. The Bertz CT molecular complexity index is 767. The van der Waals surface area contributed by atoms with Gasteiger partial charge in [0, 0.05) is 19.3 Å². The normalized spacial score (nSPS) is 11.3. The highest BCUT2D eigenvalue weighted by atomic mass is 35.5. The van der Waals surface area contributed by atoms with Crippen molar-refractivity contribution in [1.29, 1.82) is 0 Å². The lowest BCUT2D eigenvalue weighted by molar-refractivity contribution is 0.493. The third kappa shape index (κ3) is 3.20. The maximum absolute atomic E-state index is 5.93. The third-order valence-electron chi connectivity index (χ3n) is 3.30. The van der Waals surface area contributed by atoms with E-state index in [1.165, 1.54) is 5.56 Å². The van der Waals surface area contributed by atoms with Gasteiger partial charge in [0.1, 0.15) is 0 Å². The monoisotopic (exact) mass is 315 g/mol. The number of hydrogen-bond acceptors (Lipinski definition) is 4. The first kappa shape index (κ1) is 14.8. The average Bonchev–Trinajstić information content (AvgIpc) is 2.83. The molecule has 5 nitrogen and oxygen atoms in total. The van der Waals surface area contributed by atoms with Crippen molar-refractivity contribution < 1.29 is 0 Å². The molecular formula is C16H18ClN5. The first-order chi connectivity index (χ1) is 10.6. The molecule has 1 N–H and O–H groups in total. The molecule has 2 aromatic heterocycles. The molecule has 0 aliphatic rings. The van der Waals surface area contributed by atoms with Crippen LogP contribution in [0.5, 0.6) is 0 Å². The molecule has 0 saturated heterocycles. The van der Waals surface area contributed by atoms with Crippen molar-refractivity contribution in [2.24, 2.45) is 5.92 Å². The minimum atomic E-state index is 0.243. The van der Waals surface area contributed by atoms with E-state index >= 15 is 0 Å².